The van der Waals surface area contributed by atoms with Gasteiger partial charge in [-0.25, -0.2) is 5.10 Å². The summed E-state index contributed by atoms with van der Waals surface area (Å²) in [4.78, 5) is 24.4. The molecule has 0 amide bonds. The van der Waals surface area contributed by atoms with Crippen LogP contribution in [0.5, 0.6) is 0 Å². The molecule has 10 nitrogen and oxygen atoms in total. The molecule has 0 atom stereocenters. The summed E-state index contributed by atoms with van der Waals surface area (Å²) in [5, 5.41) is 31.1. The van der Waals surface area contributed by atoms with Gasteiger partial charge in [0.1, 0.15) is 0 Å². The summed E-state index contributed by atoms with van der Waals surface area (Å²) in [5.74, 6) is 0.0896. The summed E-state index contributed by atoms with van der Waals surface area (Å²) >= 11 is 1.26. The molecule has 0 spiro atoms. The molecular formula is C9H8N6O4S. The van der Waals surface area contributed by atoms with E-state index in [9.17, 15) is 20.2 Å². The van der Waals surface area contributed by atoms with Crippen molar-refractivity contribution in [2.24, 2.45) is 0 Å². The van der Waals surface area contributed by atoms with Crippen LogP contribution in [0.3, 0.4) is 0 Å². The Bertz CT molecular complexity index is 640. The maximum Gasteiger partial charge on any atom is 0.299 e. The predicted molar refractivity (Wildman–Crippen MR) is 71.2 cm³/mol. The maximum absolute atomic E-state index is 10.9. The first-order valence-corrected chi connectivity index (χ1v) is 6.40. The van der Waals surface area contributed by atoms with E-state index in [-0.39, 0.29) is 11.6 Å². The summed E-state index contributed by atoms with van der Waals surface area (Å²) < 4.78 is 0. The smallest absolute Gasteiger partial charge is 0.299 e. The molecule has 104 valence electrons. The van der Waals surface area contributed by atoms with Gasteiger partial charge in [-0.3, -0.25) is 20.2 Å². The fourth-order valence-corrected chi connectivity index (χ4v) is 1.79. The molecule has 0 aliphatic rings. The number of hydrogen-bond donors (Lipinski definition) is 2. The van der Waals surface area contributed by atoms with E-state index in [1.807, 2.05) is 0 Å². The van der Waals surface area contributed by atoms with E-state index in [2.05, 4.69) is 20.5 Å². The fourth-order valence-electron chi connectivity index (χ4n) is 1.47. The van der Waals surface area contributed by atoms with Crippen LogP contribution >= 0.6 is 11.8 Å². The Balaban J connectivity index is 2.47. The summed E-state index contributed by atoms with van der Waals surface area (Å²) in [6.07, 6.45) is 1.75. The third-order valence-electron chi connectivity index (χ3n) is 2.30. The van der Waals surface area contributed by atoms with Gasteiger partial charge >= 0.3 is 0 Å². The standard InChI is InChI=1S/C9H8N6O4S/c1-20-9-11-8(12-13-9)10-7-5(14(16)17)3-2-4-6(7)15(18)19/h2-4H,1H3,(H2,10,11,12,13). The van der Waals surface area contributed by atoms with E-state index in [1.54, 1.807) is 6.26 Å². The number of para-hydroxylation sites is 1. The molecule has 0 saturated carbocycles. The predicted octanol–water partition coefficient (Wildman–Crippen LogP) is 2.09. The van der Waals surface area contributed by atoms with Gasteiger partial charge in [0.25, 0.3) is 11.4 Å². The number of nitrogens with zero attached hydrogens (tertiary/aromatic N) is 4. The van der Waals surface area contributed by atoms with Crippen LogP contribution in [0.15, 0.2) is 23.4 Å². The molecule has 1 aromatic carbocycles. The van der Waals surface area contributed by atoms with Crippen molar-refractivity contribution in [1.29, 1.82) is 0 Å². The Morgan fingerprint density at radius 2 is 1.85 bits per heavy atom. The topological polar surface area (TPSA) is 140 Å². The van der Waals surface area contributed by atoms with E-state index in [4.69, 9.17) is 0 Å². The Morgan fingerprint density at radius 3 is 2.30 bits per heavy atom. The average Bonchev–Trinajstić information content (AvgIpc) is 2.86. The third-order valence-corrected chi connectivity index (χ3v) is 2.85. The first kappa shape index (κ1) is 13.7. The van der Waals surface area contributed by atoms with Crippen LogP contribution in [0.1, 0.15) is 0 Å². The molecule has 11 heteroatoms. The number of aromatic nitrogens is 3. The number of nitro benzene ring substituents is 2. The van der Waals surface area contributed by atoms with Crippen molar-refractivity contribution in [3.8, 4) is 0 Å². The maximum atomic E-state index is 10.9. The molecule has 0 unspecified atom stereocenters. The average molecular weight is 296 g/mol. The zero-order valence-electron chi connectivity index (χ0n) is 10.1. The van der Waals surface area contributed by atoms with Gasteiger partial charge in [0.05, 0.1) is 9.85 Å². The minimum absolute atomic E-state index is 0.0896. The van der Waals surface area contributed by atoms with Crippen LogP contribution in [-0.4, -0.2) is 31.3 Å². The first-order chi connectivity index (χ1) is 9.52. The van der Waals surface area contributed by atoms with Crippen LogP contribution in [0.25, 0.3) is 0 Å². The zero-order chi connectivity index (χ0) is 14.7. The van der Waals surface area contributed by atoms with Crippen molar-refractivity contribution in [1.82, 2.24) is 15.2 Å². The van der Waals surface area contributed by atoms with Gasteiger partial charge in [-0.05, 0) is 12.3 Å². The van der Waals surface area contributed by atoms with Crippen molar-refractivity contribution in [3.05, 3.63) is 38.4 Å². The molecule has 1 heterocycles. The number of hydrogen-bond acceptors (Lipinski definition) is 8. The zero-order valence-corrected chi connectivity index (χ0v) is 10.9. The lowest BCUT2D eigenvalue weighted by Crippen LogP contribution is -2.02. The third kappa shape index (κ3) is 2.66. The monoisotopic (exact) mass is 296 g/mol. The second-order valence-corrected chi connectivity index (χ2v) is 4.25. The van der Waals surface area contributed by atoms with Gasteiger partial charge in [0.15, 0.2) is 5.69 Å². The van der Waals surface area contributed by atoms with E-state index < -0.39 is 21.2 Å². The van der Waals surface area contributed by atoms with Crippen LogP contribution in [0, 0.1) is 20.2 Å². The summed E-state index contributed by atoms with van der Waals surface area (Å²) in [6.45, 7) is 0. The van der Waals surface area contributed by atoms with Gasteiger partial charge in [-0.15, -0.1) is 5.10 Å². The highest BCUT2D eigenvalue weighted by atomic mass is 32.2. The second-order valence-electron chi connectivity index (χ2n) is 3.48. The largest absolute Gasteiger partial charge is 0.313 e. The second kappa shape index (κ2) is 5.52. The van der Waals surface area contributed by atoms with Crippen molar-refractivity contribution < 1.29 is 9.85 Å². The number of anilines is 2. The summed E-state index contributed by atoms with van der Waals surface area (Å²) in [6, 6.07) is 3.58. The molecule has 0 radical (unpaired) electrons. The molecule has 0 aliphatic carbocycles. The SMILES string of the molecule is CSc1n[nH]c(Nc2c([N+](=O)[O-])cccc2[N+](=O)[O-])n1. The molecule has 0 saturated heterocycles. The van der Waals surface area contributed by atoms with Crippen LogP contribution < -0.4 is 5.32 Å². The molecule has 0 bridgehead atoms. The number of rotatable bonds is 5. The van der Waals surface area contributed by atoms with Gasteiger partial charge in [0, 0.05) is 12.1 Å². The normalized spacial score (nSPS) is 10.2. The van der Waals surface area contributed by atoms with Crippen LogP contribution in [0.4, 0.5) is 23.0 Å². The van der Waals surface area contributed by atoms with Crippen molar-refractivity contribution in [2.45, 2.75) is 5.16 Å². The Hall–Kier alpha value is -2.69. The summed E-state index contributed by atoms with van der Waals surface area (Å²) in [7, 11) is 0. The van der Waals surface area contributed by atoms with Crippen molar-refractivity contribution in [2.75, 3.05) is 11.6 Å². The van der Waals surface area contributed by atoms with E-state index in [1.165, 1.54) is 30.0 Å². The first-order valence-electron chi connectivity index (χ1n) is 5.18. The number of thioether (sulfide) groups is 1. The van der Waals surface area contributed by atoms with Gasteiger partial charge in [-0.2, -0.15) is 4.98 Å². The number of nitro groups is 2. The highest BCUT2D eigenvalue weighted by molar-refractivity contribution is 7.98. The van der Waals surface area contributed by atoms with E-state index in [0.29, 0.717) is 5.16 Å². The highest BCUT2D eigenvalue weighted by Crippen LogP contribution is 2.35. The van der Waals surface area contributed by atoms with Gasteiger partial charge in [0.2, 0.25) is 11.1 Å². The molecule has 2 N–H and O–H groups in total. The Labute approximate surface area is 115 Å². The Kier molecular flexibility index (Phi) is 3.79. The van der Waals surface area contributed by atoms with Crippen molar-refractivity contribution in [3.63, 3.8) is 0 Å². The minimum Gasteiger partial charge on any atom is -0.313 e. The molecule has 2 rings (SSSR count). The lowest BCUT2D eigenvalue weighted by atomic mass is 10.2. The fraction of sp³-hybridized carbons (Fsp3) is 0.111. The highest BCUT2D eigenvalue weighted by Gasteiger charge is 2.25. The molecule has 1 aromatic heterocycles. The number of H-pyrrole nitrogens is 1. The van der Waals surface area contributed by atoms with Gasteiger partial charge in [-0.1, -0.05) is 11.8 Å². The van der Waals surface area contributed by atoms with E-state index in [0.717, 1.165) is 0 Å². The number of benzene rings is 1. The van der Waals surface area contributed by atoms with E-state index >= 15 is 0 Å². The minimum atomic E-state index is -0.707. The van der Waals surface area contributed by atoms with Gasteiger partial charge < -0.3 is 5.32 Å². The molecular weight excluding hydrogens is 288 g/mol. The number of aromatic amines is 1. The quantitative estimate of drug-likeness (QED) is 0.485. The molecule has 2 aromatic rings. The van der Waals surface area contributed by atoms with Crippen LogP contribution in [0.2, 0.25) is 0 Å². The molecule has 0 fully saturated rings. The Morgan fingerprint density at radius 1 is 1.25 bits per heavy atom. The molecule has 0 aliphatic heterocycles. The van der Waals surface area contributed by atoms with Crippen molar-refractivity contribution >= 4 is 34.8 Å². The van der Waals surface area contributed by atoms with Crippen LogP contribution in [-0.2, 0) is 0 Å². The lowest BCUT2D eigenvalue weighted by Gasteiger charge is -2.04. The number of nitrogens with one attached hydrogen (secondary N) is 2. The summed E-state index contributed by atoms with van der Waals surface area (Å²) in [5.41, 5.74) is -1.08. The lowest BCUT2D eigenvalue weighted by molar-refractivity contribution is -0.392. The molecule has 20 heavy (non-hydrogen) atoms.